The first-order valence-corrected chi connectivity index (χ1v) is 5.00. The zero-order valence-electron chi connectivity index (χ0n) is 8.42. The van der Waals surface area contributed by atoms with Crippen molar-refractivity contribution in [3.05, 3.63) is 47.5 Å². The molecular weight excluding hydrogens is 172 g/mol. The number of carbonyl (C=O) groups is 1. The molecular formula is C13H14O. The van der Waals surface area contributed by atoms with E-state index in [1.165, 1.54) is 11.1 Å². The SMILES string of the molecule is C=CCc1cccc2c1CC(C)C2=O. The summed E-state index contributed by atoms with van der Waals surface area (Å²) in [4.78, 5) is 11.7. The number of hydrogen-bond acceptors (Lipinski definition) is 1. The van der Waals surface area contributed by atoms with Gasteiger partial charge in [0.1, 0.15) is 0 Å². The minimum Gasteiger partial charge on any atom is -0.294 e. The van der Waals surface area contributed by atoms with Crippen LogP contribution in [0.2, 0.25) is 0 Å². The highest BCUT2D eigenvalue weighted by Crippen LogP contribution is 2.29. The largest absolute Gasteiger partial charge is 0.294 e. The van der Waals surface area contributed by atoms with E-state index in [-0.39, 0.29) is 5.92 Å². The Kier molecular flexibility index (Phi) is 2.24. The molecule has 1 unspecified atom stereocenters. The van der Waals surface area contributed by atoms with Gasteiger partial charge in [-0.2, -0.15) is 0 Å². The van der Waals surface area contributed by atoms with E-state index >= 15 is 0 Å². The van der Waals surface area contributed by atoms with Crippen molar-refractivity contribution in [3.8, 4) is 0 Å². The van der Waals surface area contributed by atoms with E-state index in [9.17, 15) is 4.79 Å². The van der Waals surface area contributed by atoms with Gasteiger partial charge in [-0.15, -0.1) is 6.58 Å². The lowest BCUT2D eigenvalue weighted by Crippen LogP contribution is -2.02. The van der Waals surface area contributed by atoms with Crippen LogP contribution < -0.4 is 0 Å². The third-order valence-corrected chi connectivity index (χ3v) is 2.86. The average molecular weight is 186 g/mol. The Labute approximate surface area is 84.5 Å². The molecule has 1 nitrogen and oxygen atoms in total. The van der Waals surface area contributed by atoms with Gasteiger partial charge in [0.2, 0.25) is 0 Å². The molecule has 1 aliphatic carbocycles. The highest BCUT2D eigenvalue weighted by atomic mass is 16.1. The number of carbonyl (C=O) groups excluding carboxylic acids is 1. The molecule has 1 aliphatic rings. The number of hydrogen-bond donors (Lipinski definition) is 0. The fourth-order valence-electron chi connectivity index (χ4n) is 2.12. The van der Waals surface area contributed by atoms with E-state index in [4.69, 9.17) is 0 Å². The molecule has 1 aromatic rings. The van der Waals surface area contributed by atoms with Gasteiger partial charge in [0.05, 0.1) is 0 Å². The fraction of sp³-hybridized carbons (Fsp3) is 0.308. The van der Waals surface area contributed by atoms with Crippen LogP contribution in [0.4, 0.5) is 0 Å². The number of benzene rings is 1. The number of rotatable bonds is 2. The summed E-state index contributed by atoms with van der Waals surface area (Å²) in [7, 11) is 0. The van der Waals surface area contributed by atoms with Crippen LogP contribution in [0.3, 0.4) is 0 Å². The van der Waals surface area contributed by atoms with Crippen LogP contribution in [0.25, 0.3) is 0 Å². The van der Waals surface area contributed by atoms with E-state index in [1.807, 2.05) is 25.1 Å². The van der Waals surface area contributed by atoms with Gasteiger partial charge in [0, 0.05) is 11.5 Å². The second-order valence-electron chi connectivity index (χ2n) is 3.91. The highest BCUT2D eigenvalue weighted by Gasteiger charge is 2.27. The molecule has 0 heterocycles. The quantitative estimate of drug-likeness (QED) is 0.649. The number of allylic oxidation sites excluding steroid dienone is 1. The number of ketones is 1. The zero-order valence-corrected chi connectivity index (χ0v) is 8.42. The monoisotopic (exact) mass is 186 g/mol. The Hall–Kier alpha value is -1.37. The van der Waals surface area contributed by atoms with E-state index < -0.39 is 0 Å². The minimum atomic E-state index is 0.163. The van der Waals surface area contributed by atoms with E-state index in [0.29, 0.717) is 5.78 Å². The third-order valence-electron chi connectivity index (χ3n) is 2.86. The van der Waals surface area contributed by atoms with Crippen LogP contribution in [0.1, 0.15) is 28.4 Å². The molecule has 0 saturated heterocycles. The van der Waals surface area contributed by atoms with E-state index in [2.05, 4.69) is 12.6 Å². The maximum absolute atomic E-state index is 11.7. The molecule has 0 amide bonds. The Morgan fingerprint density at radius 3 is 3.07 bits per heavy atom. The molecule has 0 aromatic heterocycles. The Bertz CT molecular complexity index is 390. The lowest BCUT2D eigenvalue weighted by atomic mass is 10.0. The normalized spacial score (nSPS) is 19.5. The first-order chi connectivity index (χ1) is 6.74. The zero-order chi connectivity index (χ0) is 10.1. The maximum Gasteiger partial charge on any atom is 0.166 e. The second kappa shape index (κ2) is 3.41. The summed E-state index contributed by atoms with van der Waals surface area (Å²) >= 11 is 0. The van der Waals surface area contributed by atoms with Gasteiger partial charge in [0.25, 0.3) is 0 Å². The topological polar surface area (TPSA) is 17.1 Å². The van der Waals surface area contributed by atoms with Gasteiger partial charge in [0.15, 0.2) is 5.78 Å². The summed E-state index contributed by atoms with van der Waals surface area (Å²) in [5, 5.41) is 0. The molecule has 1 heteroatoms. The number of fused-ring (bicyclic) bond motifs is 1. The van der Waals surface area contributed by atoms with Crippen LogP contribution >= 0.6 is 0 Å². The van der Waals surface area contributed by atoms with Crippen LogP contribution in [0.15, 0.2) is 30.9 Å². The van der Waals surface area contributed by atoms with Gasteiger partial charge >= 0.3 is 0 Å². The first kappa shape index (κ1) is 9.20. The van der Waals surface area contributed by atoms with Gasteiger partial charge < -0.3 is 0 Å². The van der Waals surface area contributed by atoms with E-state index in [0.717, 1.165) is 18.4 Å². The van der Waals surface area contributed by atoms with E-state index in [1.54, 1.807) is 0 Å². The molecule has 0 radical (unpaired) electrons. The molecule has 2 rings (SSSR count). The van der Waals surface area contributed by atoms with Crippen LogP contribution in [-0.2, 0) is 12.8 Å². The summed E-state index contributed by atoms with van der Waals surface area (Å²) in [5.41, 5.74) is 3.43. The molecule has 0 bridgehead atoms. The predicted octanol–water partition coefficient (Wildman–Crippen LogP) is 2.79. The molecule has 14 heavy (non-hydrogen) atoms. The first-order valence-electron chi connectivity index (χ1n) is 5.00. The molecule has 0 saturated carbocycles. The lowest BCUT2D eigenvalue weighted by Gasteiger charge is -2.04. The van der Waals surface area contributed by atoms with Crippen molar-refractivity contribution in [2.75, 3.05) is 0 Å². The summed E-state index contributed by atoms with van der Waals surface area (Å²) in [6.07, 6.45) is 3.66. The van der Waals surface area contributed by atoms with Crippen molar-refractivity contribution in [2.45, 2.75) is 19.8 Å². The van der Waals surface area contributed by atoms with Crippen molar-refractivity contribution >= 4 is 5.78 Å². The molecule has 0 N–H and O–H groups in total. The van der Waals surface area contributed by atoms with Gasteiger partial charge in [-0.05, 0) is 24.0 Å². The van der Waals surface area contributed by atoms with Crippen molar-refractivity contribution in [1.82, 2.24) is 0 Å². The smallest absolute Gasteiger partial charge is 0.166 e. The summed E-state index contributed by atoms with van der Waals surface area (Å²) in [6.45, 7) is 5.73. The summed E-state index contributed by atoms with van der Waals surface area (Å²) in [5.74, 6) is 0.460. The molecule has 0 aliphatic heterocycles. The molecule has 1 atom stereocenters. The molecule has 72 valence electrons. The van der Waals surface area contributed by atoms with Crippen molar-refractivity contribution in [1.29, 1.82) is 0 Å². The highest BCUT2D eigenvalue weighted by molar-refractivity contribution is 6.02. The maximum atomic E-state index is 11.7. The molecule has 0 spiro atoms. The Balaban J connectivity index is 2.49. The third kappa shape index (κ3) is 1.29. The average Bonchev–Trinajstić information content (AvgIpc) is 2.46. The van der Waals surface area contributed by atoms with Gasteiger partial charge in [-0.3, -0.25) is 4.79 Å². The van der Waals surface area contributed by atoms with Crippen molar-refractivity contribution in [3.63, 3.8) is 0 Å². The van der Waals surface area contributed by atoms with Crippen LogP contribution in [-0.4, -0.2) is 5.78 Å². The van der Waals surface area contributed by atoms with Crippen LogP contribution in [0, 0.1) is 5.92 Å². The number of Topliss-reactive ketones (excluding diaryl/α,β-unsaturated/α-hetero) is 1. The van der Waals surface area contributed by atoms with Gasteiger partial charge in [-0.25, -0.2) is 0 Å². The van der Waals surface area contributed by atoms with Crippen LogP contribution in [0.5, 0.6) is 0 Å². The fourth-order valence-corrected chi connectivity index (χ4v) is 2.12. The molecule has 0 fully saturated rings. The summed E-state index contributed by atoms with van der Waals surface area (Å²) < 4.78 is 0. The van der Waals surface area contributed by atoms with Gasteiger partial charge in [-0.1, -0.05) is 31.2 Å². The minimum absolute atomic E-state index is 0.163. The predicted molar refractivity (Wildman–Crippen MR) is 57.5 cm³/mol. The van der Waals surface area contributed by atoms with Crippen molar-refractivity contribution < 1.29 is 4.79 Å². The summed E-state index contributed by atoms with van der Waals surface area (Å²) in [6, 6.07) is 5.99. The standard InChI is InChI=1S/C13H14O/c1-3-5-10-6-4-7-11-12(10)8-9(2)13(11)14/h3-4,6-7,9H,1,5,8H2,2H3. The lowest BCUT2D eigenvalue weighted by molar-refractivity contribution is 0.0946. The Morgan fingerprint density at radius 2 is 2.36 bits per heavy atom. The van der Waals surface area contributed by atoms with Crippen molar-refractivity contribution in [2.24, 2.45) is 5.92 Å². The Morgan fingerprint density at radius 1 is 1.57 bits per heavy atom. The molecule has 1 aromatic carbocycles. The second-order valence-corrected chi connectivity index (χ2v) is 3.91.